The van der Waals surface area contributed by atoms with Crippen molar-refractivity contribution in [3.05, 3.63) is 65.7 Å². The van der Waals surface area contributed by atoms with Gasteiger partial charge in [0.15, 0.2) is 0 Å². The van der Waals surface area contributed by atoms with Crippen LogP contribution in [0.3, 0.4) is 0 Å². The molecule has 2 bridgehead atoms. The van der Waals surface area contributed by atoms with Crippen LogP contribution in [-0.4, -0.2) is 50.1 Å². The third-order valence-corrected chi connectivity index (χ3v) is 7.66. The van der Waals surface area contributed by atoms with E-state index in [0.29, 0.717) is 23.4 Å². The summed E-state index contributed by atoms with van der Waals surface area (Å²) in [6.07, 6.45) is 3.58. The Morgan fingerprint density at radius 2 is 1.68 bits per heavy atom. The van der Waals surface area contributed by atoms with Crippen molar-refractivity contribution in [1.29, 1.82) is 0 Å². The van der Waals surface area contributed by atoms with Crippen LogP contribution in [-0.2, 0) is 10.3 Å². The van der Waals surface area contributed by atoms with Gasteiger partial charge in [0.1, 0.15) is 5.60 Å². The maximum Gasteiger partial charge on any atom is 0.248 e. The lowest BCUT2D eigenvalue weighted by Gasteiger charge is -2.59. The molecule has 0 spiro atoms. The molecular formula is C25H32ClN3O2. The molecule has 3 aliphatic rings. The van der Waals surface area contributed by atoms with E-state index >= 15 is 0 Å². The molecule has 2 saturated heterocycles. The number of carbonyl (C=O) groups excluding carboxylic acids is 1. The van der Waals surface area contributed by atoms with Gasteiger partial charge in [-0.2, -0.15) is 0 Å². The van der Waals surface area contributed by atoms with Crippen LogP contribution in [0, 0.1) is 11.8 Å². The quantitative estimate of drug-likeness (QED) is 0.769. The minimum atomic E-state index is -0.374. The van der Waals surface area contributed by atoms with Gasteiger partial charge < -0.3 is 15.4 Å². The number of hydrogen-bond acceptors (Lipinski definition) is 4. The van der Waals surface area contributed by atoms with E-state index < -0.39 is 0 Å². The Hall–Kier alpha value is -2.08. The zero-order chi connectivity index (χ0) is 20.7. The average Bonchev–Trinajstić information content (AvgIpc) is 2.73. The van der Waals surface area contributed by atoms with Gasteiger partial charge in [0.2, 0.25) is 5.91 Å². The molecule has 0 aromatic heterocycles. The van der Waals surface area contributed by atoms with E-state index in [-0.39, 0.29) is 23.9 Å². The SMILES string of the molecule is COC1(c2cccc(C(N)=O)c2)C2CCCC1CN(C1CN(c3ccccc3)C1)C2.Cl. The molecule has 1 aliphatic carbocycles. The molecule has 2 unspecified atom stereocenters. The molecular weight excluding hydrogens is 410 g/mol. The van der Waals surface area contributed by atoms with E-state index in [1.807, 2.05) is 19.2 Å². The number of anilines is 1. The summed E-state index contributed by atoms with van der Waals surface area (Å²) in [7, 11) is 1.85. The molecule has 5 rings (SSSR count). The van der Waals surface area contributed by atoms with Crippen molar-refractivity contribution < 1.29 is 9.53 Å². The van der Waals surface area contributed by atoms with Crippen LogP contribution >= 0.6 is 12.4 Å². The first-order valence-electron chi connectivity index (χ1n) is 11.1. The van der Waals surface area contributed by atoms with Gasteiger partial charge in [-0.25, -0.2) is 0 Å². The number of fused-ring (bicyclic) bond motifs is 2. The predicted octanol–water partition coefficient (Wildman–Crippen LogP) is 3.67. The highest BCUT2D eigenvalue weighted by atomic mass is 35.5. The van der Waals surface area contributed by atoms with Gasteiger partial charge in [0.05, 0.1) is 0 Å². The first kappa shape index (κ1) is 22.1. The first-order chi connectivity index (χ1) is 14.6. The molecule has 31 heavy (non-hydrogen) atoms. The lowest BCUT2D eigenvalue weighted by atomic mass is 9.62. The summed E-state index contributed by atoms with van der Waals surface area (Å²) in [6, 6.07) is 19.1. The number of piperidine rings is 1. The maximum absolute atomic E-state index is 11.8. The van der Waals surface area contributed by atoms with Gasteiger partial charge in [-0.15, -0.1) is 12.4 Å². The van der Waals surface area contributed by atoms with E-state index in [0.717, 1.165) is 44.6 Å². The Balaban J connectivity index is 0.00000231. The van der Waals surface area contributed by atoms with Crippen molar-refractivity contribution in [3.8, 4) is 0 Å². The van der Waals surface area contributed by atoms with Crippen LogP contribution < -0.4 is 10.6 Å². The van der Waals surface area contributed by atoms with Gasteiger partial charge in [0.25, 0.3) is 0 Å². The summed E-state index contributed by atoms with van der Waals surface area (Å²) in [5, 5.41) is 0. The summed E-state index contributed by atoms with van der Waals surface area (Å²) in [5.74, 6) is 0.494. The molecule has 2 N–H and O–H groups in total. The second-order valence-electron chi connectivity index (χ2n) is 9.12. The van der Waals surface area contributed by atoms with Crippen molar-refractivity contribution in [2.24, 2.45) is 17.6 Å². The maximum atomic E-state index is 11.8. The van der Waals surface area contributed by atoms with Crippen molar-refractivity contribution in [2.45, 2.75) is 30.9 Å². The Kier molecular flexibility index (Phi) is 6.29. The number of rotatable bonds is 5. The average molecular weight is 442 g/mol. The van der Waals surface area contributed by atoms with Crippen LogP contribution in [0.1, 0.15) is 35.2 Å². The number of halogens is 1. The minimum Gasteiger partial charge on any atom is -0.373 e. The number of amides is 1. The number of para-hydroxylation sites is 1. The topological polar surface area (TPSA) is 58.8 Å². The van der Waals surface area contributed by atoms with E-state index in [1.54, 1.807) is 6.07 Å². The molecule has 2 aliphatic heterocycles. The summed E-state index contributed by atoms with van der Waals surface area (Å²) < 4.78 is 6.35. The highest BCUT2D eigenvalue weighted by Crippen LogP contribution is 2.52. The van der Waals surface area contributed by atoms with Crippen LogP contribution in [0.5, 0.6) is 0 Å². The Morgan fingerprint density at radius 3 is 2.29 bits per heavy atom. The number of nitrogens with zero attached hydrogens (tertiary/aromatic N) is 2. The van der Waals surface area contributed by atoms with Crippen molar-refractivity contribution in [3.63, 3.8) is 0 Å². The zero-order valence-electron chi connectivity index (χ0n) is 18.1. The number of nitrogens with two attached hydrogens (primary N) is 1. The summed E-state index contributed by atoms with van der Waals surface area (Å²) in [6.45, 7) is 4.30. The smallest absolute Gasteiger partial charge is 0.248 e. The number of hydrogen-bond donors (Lipinski definition) is 1. The molecule has 2 aromatic carbocycles. The fourth-order valence-electron chi connectivity index (χ4n) is 6.14. The number of carbonyl (C=O) groups is 1. The molecule has 5 nitrogen and oxygen atoms in total. The van der Waals surface area contributed by atoms with E-state index in [2.05, 4.69) is 46.2 Å². The Labute approximate surface area is 191 Å². The summed E-state index contributed by atoms with van der Waals surface area (Å²) >= 11 is 0. The van der Waals surface area contributed by atoms with Gasteiger partial charge in [0, 0.05) is 62.4 Å². The lowest BCUT2D eigenvalue weighted by Crippen LogP contribution is -2.67. The number of likely N-dealkylation sites (tertiary alicyclic amines) is 1. The molecule has 3 fully saturated rings. The van der Waals surface area contributed by atoms with Crippen molar-refractivity contribution >= 4 is 24.0 Å². The third-order valence-electron chi connectivity index (χ3n) is 7.66. The second-order valence-corrected chi connectivity index (χ2v) is 9.12. The molecule has 0 radical (unpaired) electrons. The Morgan fingerprint density at radius 1 is 1.00 bits per heavy atom. The van der Waals surface area contributed by atoms with E-state index in [9.17, 15) is 4.79 Å². The van der Waals surface area contributed by atoms with Gasteiger partial charge in [-0.05, 0) is 42.7 Å². The molecule has 166 valence electrons. The highest BCUT2D eigenvalue weighted by Gasteiger charge is 2.54. The first-order valence-corrected chi connectivity index (χ1v) is 11.1. The van der Waals surface area contributed by atoms with Crippen LogP contribution in [0.2, 0.25) is 0 Å². The standard InChI is InChI=1S/C25H31N3O2.ClH/c1-30-25(19-8-5-7-18(13-19)24(26)29)20-9-6-10-21(25)15-27(14-20)23-16-28(17-23)22-11-3-2-4-12-22;/h2-5,7-8,11-13,20-21,23H,6,9-10,14-17H2,1H3,(H2,26,29);1H. The van der Waals surface area contributed by atoms with Gasteiger partial charge >= 0.3 is 0 Å². The number of benzene rings is 2. The normalized spacial score (nSPS) is 28.5. The fourth-order valence-corrected chi connectivity index (χ4v) is 6.14. The predicted molar refractivity (Wildman–Crippen MR) is 126 cm³/mol. The molecule has 2 heterocycles. The molecule has 2 aromatic rings. The number of methoxy groups -OCH3 is 1. The van der Waals surface area contributed by atoms with Crippen LogP contribution in [0.15, 0.2) is 54.6 Å². The van der Waals surface area contributed by atoms with Crippen LogP contribution in [0.25, 0.3) is 0 Å². The third kappa shape index (κ3) is 3.73. The van der Waals surface area contributed by atoms with E-state index in [4.69, 9.17) is 10.5 Å². The van der Waals surface area contributed by atoms with Crippen LogP contribution in [0.4, 0.5) is 5.69 Å². The van der Waals surface area contributed by atoms with Crippen molar-refractivity contribution in [1.82, 2.24) is 4.90 Å². The highest BCUT2D eigenvalue weighted by molar-refractivity contribution is 5.93. The molecule has 1 amide bonds. The molecule has 1 saturated carbocycles. The van der Waals surface area contributed by atoms with E-state index in [1.165, 1.54) is 12.1 Å². The number of primary amides is 1. The number of ether oxygens (including phenoxy) is 1. The largest absolute Gasteiger partial charge is 0.373 e. The fraction of sp³-hybridized carbons (Fsp3) is 0.480. The summed E-state index contributed by atoms with van der Waals surface area (Å²) in [5.41, 5.74) is 8.26. The Bertz CT molecular complexity index is 902. The minimum absolute atomic E-state index is 0. The second kappa shape index (κ2) is 8.81. The molecule has 2 atom stereocenters. The van der Waals surface area contributed by atoms with Gasteiger partial charge in [-0.3, -0.25) is 9.69 Å². The zero-order valence-corrected chi connectivity index (χ0v) is 18.9. The molecule has 6 heteroatoms. The monoisotopic (exact) mass is 441 g/mol. The van der Waals surface area contributed by atoms with Crippen molar-refractivity contribution in [2.75, 3.05) is 38.2 Å². The lowest BCUT2D eigenvalue weighted by molar-refractivity contribution is -0.175. The van der Waals surface area contributed by atoms with Gasteiger partial charge in [-0.1, -0.05) is 36.8 Å². The summed E-state index contributed by atoms with van der Waals surface area (Å²) in [4.78, 5) is 16.9.